The summed E-state index contributed by atoms with van der Waals surface area (Å²) in [6, 6.07) is 14.6. The Labute approximate surface area is 195 Å². The lowest BCUT2D eigenvalue weighted by atomic mass is 9.96. The zero-order chi connectivity index (χ0) is 22.7. The van der Waals surface area contributed by atoms with Gasteiger partial charge in [0.2, 0.25) is 0 Å². The first-order valence-electron chi connectivity index (χ1n) is 12.2. The van der Waals surface area contributed by atoms with Gasteiger partial charge in [0.25, 0.3) is 5.91 Å². The normalized spacial score (nSPS) is 22.5. The number of benzene rings is 2. The van der Waals surface area contributed by atoms with Gasteiger partial charge < -0.3 is 10.2 Å². The molecule has 1 N–H and O–H groups in total. The van der Waals surface area contributed by atoms with E-state index in [0.717, 1.165) is 64.8 Å². The van der Waals surface area contributed by atoms with Gasteiger partial charge >= 0.3 is 0 Å². The van der Waals surface area contributed by atoms with E-state index in [4.69, 9.17) is 0 Å². The van der Waals surface area contributed by atoms with Gasteiger partial charge in [-0.1, -0.05) is 12.1 Å². The van der Waals surface area contributed by atoms with Crippen molar-refractivity contribution >= 4 is 22.5 Å². The van der Waals surface area contributed by atoms with Crippen LogP contribution in [0.15, 0.2) is 42.6 Å². The fraction of sp³-hybridized carbons (Fsp3) is 0.444. The molecule has 3 heterocycles. The van der Waals surface area contributed by atoms with E-state index < -0.39 is 0 Å². The molecule has 2 atom stereocenters. The molecule has 1 aromatic heterocycles. The van der Waals surface area contributed by atoms with Crippen molar-refractivity contribution in [2.75, 3.05) is 18.0 Å². The number of rotatable bonds is 5. The minimum Gasteiger partial charge on any atom is -0.349 e. The SMILES string of the molecule is Cc1ccc(C(=O)NC2CC2)cc1-c1ccc2c(N3C[C@@H]4C[C@H]3CN4C(C)C)nncc2c1. The van der Waals surface area contributed by atoms with Crippen LogP contribution in [0.25, 0.3) is 21.9 Å². The molecule has 170 valence electrons. The number of nitrogens with zero attached hydrogens (tertiary/aromatic N) is 4. The lowest BCUT2D eigenvalue weighted by Crippen LogP contribution is -2.49. The Kier molecular flexibility index (Phi) is 4.87. The highest BCUT2D eigenvalue weighted by molar-refractivity contribution is 5.98. The van der Waals surface area contributed by atoms with Crippen LogP contribution in [-0.2, 0) is 0 Å². The zero-order valence-electron chi connectivity index (χ0n) is 19.6. The molecule has 2 saturated heterocycles. The maximum absolute atomic E-state index is 12.6. The summed E-state index contributed by atoms with van der Waals surface area (Å²) in [5, 5.41) is 14.3. The lowest BCUT2D eigenvalue weighted by Gasteiger charge is -2.37. The van der Waals surface area contributed by atoms with Crippen LogP contribution >= 0.6 is 0 Å². The van der Waals surface area contributed by atoms with Crippen LogP contribution in [0.4, 0.5) is 5.82 Å². The second-order valence-corrected chi connectivity index (χ2v) is 10.2. The van der Waals surface area contributed by atoms with Gasteiger partial charge in [-0.25, -0.2) is 0 Å². The largest absolute Gasteiger partial charge is 0.349 e. The number of fused-ring (bicyclic) bond motifs is 3. The second kappa shape index (κ2) is 7.80. The van der Waals surface area contributed by atoms with Gasteiger partial charge in [0.15, 0.2) is 5.82 Å². The maximum atomic E-state index is 12.6. The van der Waals surface area contributed by atoms with E-state index in [1.165, 1.54) is 6.42 Å². The molecule has 1 saturated carbocycles. The molecule has 1 aliphatic carbocycles. The smallest absolute Gasteiger partial charge is 0.251 e. The maximum Gasteiger partial charge on any atom is 0.251 e. The summed E-state index contributed by atoms with van der Waals surface area (Å²) in [4.78, 5) is 17.7. The van der Waals surface area contributed by atoms with Crippen LogP contribution in [0.3, 0.4) is 0 Å². The Hall–Kier alpha value is -2.99. The summed E-state index contributed by atoms with van der Waals surface area (Å²) in [5.41, 5.74) is 4.07. The highest BCUT2D eigenvalue weighted by Crippen LogP contribution is 2.38. The van der Waals surface area contributed by atoms with Crippen LogP contribution in [0, 0.1) is 6.92 Å². The topological polar surface area (TPSA) is 61.4 Å². The molecule has 3 fully saturated rings. The number of nitrogens with one attached hydrogen (secondary N) is 1. The van der Waals surface area contributed by atoms with Crippen molar-refractivity contribution in [3.05, 3.63) is 53.7 Å². The summed E-state index contributed by atoms with van der Waals surface area (Å²) in [7, 11) is 0. The van der Waals surface area contributed by atoms with Gasteiger partial charge in [-0.2, -0.15) is 5.10 Å². The Morgan fingerprint density at radius 3 is 2.67 bits per heavy atom. The highest BCUT2D eigenvalue weighted by Gasteiger charge is 2.44. The average Bonchev–Trinajstić information content (AvgIpc) is 3.39. The van der Waals surface area contributed by atoms with Gasteiger partial charge in [-0.3, -0.25) is 9.69 Å². The van der Waals surface area contributed by atoms with Crippen molar-refractivity contribution in [3.8, 4) is 11.1 Å². The van der Waals surface area contributed by atoms with Crippen molar-refractivity contribution in [2.24, 2.45) is 0 Å². The van der Waals surface area contributed by atoms with Gasteiger partial charge in [-0.05, 0) is 81.0 Å². The predicted octanol–water partition coefficient (Wildman–Crippen LogP) is 4.17. The fourth-order valence-electron chi connectivity index (χ4n) is 5.61. The van der Waals surface area contributed by atoms with Gasteiger partial charge in [-0.15, -0.1) is 5.10 Å². The number of anilines is 1. The third-order valence-electron chi connectivity index (χ3n) is 7.58. The van der Waals surface area contributed by atoms with Crippen LogP contribution < -0.4 is 10.2 Å². The number of aromatic nitrogens is 2. The first-order chi connectivity index (χ1) is 16.0. The molecule has 33 heavy (non-hydrogen) atoms. The molecule has 3 aliphatic rings. The van der Waals surface area contributed by atoms with Crippen LogP contribution in [0.2, 0.25) is 0 Å². The Morgan fingerprint density at radius 1 is 1.09 bits per heavy atom. The number of carbonyl (C=O) groups excluding carboxylic acids is 1. The summed E-state index contributed by atoms with van der Waals surface area (Å²) in [6.07, 6.45) is 5.25. The minimum atomic E-state index is 0.0206. The molecule has 1 amide bonds. The molecule has 0 spiro atoms. The third kappa shape index (κ3) is 3.66. The van der Waals surface area contributed by atoms with Gasteiger partial charge in [0.1, 0.15) is 0 Å². The van der Waals surface area contributed by atoms with Crippen LogP contribution in [-0.4, -0.2) is 58.3 Å². The van der Waals surface area contributed by atoms with Gasteiger partial charge in [0, 0.05) is 53.6 Å². The number of aryl methyl sites for hydroxylation is 1. The second-order valence-electron chi connectivity index (χ2n) is 10.2. The first kappa shape index (κ1) is 20.6. The number of likely N-dealkylation sites (tertiary alicyclic amines) is 1. The van der Waals surface area contributed by atoms with E-state index in [9.17, 15) is 4.79 Å². The molecule has 2 aliphatic heterocycles. The van der Waals surface area contributed by atoms with E-state index in [-0.39, 0.29) is 5.91 Å². The van der Waals surface area contributed by atoms with Crippen molar-refractivity contribution < 1.29 is 4.79 Å². The van der Waals surface area contributed by atoms with Crippen molar-refractivity contribution in [1.29, 1.82) is 0 Å². The molecule has 0 unspecified atom stereocenters. The number of amides is 1. The lowest BCUT2D eigenvalue weighted by molar-refractivity contribution is 0.0951. The molecule has 0 radical (unpaired) electrons. The van der Waals surface area contributed by atoms with Gasteiger partial charge in [0.05, 0.1) is 6.20 Å². The molecule has 6 heteroatoms. The van der Waals surface area contributed by atoms with E-state index in [0.29, 0.717) is 24.2 Å². The fourth-order valence-corrected chi connectivity index (χ4v) is 5.61. The standard InChI is InChI=1S/C27H31N5O/c1-16(2)31-14-23-12-22(31)15-32(23)26-24-9-6-18(10-20(24)13-28-30-26)25-11-19(5-4-17(25)3)27(33)29-21-7-8-21/h4-6,9-11,13,16,21-23H,7-8,12,14-15H2,1-3H3,(H,29,33)/t22-,23-/m0/s1. The molecule has 6 nitrogen and oxygen atoms in total. The van der Waals surface area contributed by atoms with E-state index in [1.807, 2.05) is 24.4 Å². The van der Waals surface area contributed by atoms with Crippen LogP contribution in [0.5, 0.6) is 0 Å². The first-order valence-corrected chi connectivity index (χ1v) is 12.2. The molecule has 6 rings (SSSR count). The zero-order valence-corrected chi connectivity index (χ0v) is 19.6. The molecule has 3 aromatic rings. The number of hydrogen-bond donors (Lipinski definition) is 1. The van der Waals surface area contributed by atoms with E-state index >= 15 is 0 Å². The van der Waals surface area contributed by atoms with Crippen LogP contribution in [0.1, 0.15) is 49.0 Å². The quantitative estimate of drug-likeness (QED) is 0.644. The minimum absolute atomic E-state index is 0.0206. The number of hydrogen-bond acceptors (Lipinski definition) is 5. The molecular formula is C27H31N5O. The predicted molar refractivity (Wildman–Crippen MR) is 132 cm³/mol. The highest BCUT2D eigenvalue weighted by atomic mass is 16.1. The Balaban J connectivity index is 1.32. The Bertz CT molecular complexity index is 1230. The molecule has 2 bridgehead atoms. The summed E-state index contributed by atoms with van der Waals surface area (Å²) >= 11 is 0. The van der Waals surface area contributed by atoms with Crippen molar-refractivity contribution in [1.82, 2.24) is 20.4 Å². The number of piperazine rings is 1. The molecular weight excluding hydrogens is 410 g/mol. The number of carbonyl (C=O) groups is 1. The monoisotopic (exact) mass is 441 g/mol. The van der Waals surface area contributed by atoms with E-state index in [2.05, 4.69) is 64.3 Å². The average molecular weight is 442 g/mol. The van der Waals surface area contributed by atoms with Crippen molar-refractivity contribution in [2.45, 2.75) is 64.2 Å². The van der Waals surface area contributed by atoms with E-state index in [1.54, 1.807) is 0 Å². The third-order valence-corrected chi connectivity index (χ3v) is 7.58. The summed E-state index contributed by atoms with van der Waals surface area (Å²) in [5.74, 6) is 1.02. The summed E-state index contributed by atoms with van der Waals surface area (Å²) in [6.45, 7) is 8.80. The Morgan fingerprint density at radius 2 is 1.94 bits per heavy atom. The summed E-state index contributed by atoms with van der Waals surface area (Å²) < 4.78 is 0. The van der Waals surface area contributed by atoms with Crippen molar-refractivity contribution in [3.63, 3.8) is 0 Å². The molecule has 2 aromatic carbocycles.